The summed E-state index contributed by atoms with van der Waals surface area (Å²) in [5.41, 5.74) is 3.11. The molecule has 0 aliphatic rings. The third-order valence-electron chi connectivity index (χ3n) is 6.36. The van der Waals surface area contributed by atoms with E-state index >= 15 is 0 Å². The van der Waals surface area contributed by atoms with Crippen molar-refractivity contribution in [2.75, 3.05) is 0 Å². The first-order valence-corrected chi connectivity index (χ1v) is 11.1. The van der Waals surface area contributed by atoms with E-state index in [4.69, 9.17) is 4.98 Å². The fourth-order valence-electron chi connectivity index (χ4n) is 3.72. The lowest BCUT2D eigenvalue weighted by Gasteiger charge is -2.30. The van der Waals surface area contributed by atoms with Gasteiger partial charge in [0.15, 0.2) is 0 Å². The van der Waals surface area contributed by atoms with Gasteiger partial charge in [0.25, 0.3) is 0 Å². The van der Waals surface area contributed by atoms with E-state index in [1.165, 1.54) is 68.6 Å². The predicted octanol–water partition coefficient (Wildman–Crippen LogP) is 7.81. The fourth-order valence-corrected chi connectivity index (χ4v) is 3.72. The smallest absolute Gasteiger partial charge is 0.112 e. The van der Waals surface area contributed by atoms with Crippen LogP contribution in [0.4, 0.5) is 0 Å². The second-order valence-corrected chi connectivity index (χ2v) is 10.2. The van der Waals surface area contributed by atoms with Gasteiger partial charge in [0, 0.05) is 21.9 Å². The van der Waals surface area contributed by atoms with E-state index in [1.54, 1.807) is 0 Å². The Morgan fingerprint density at radius 3 is 1.65 bits per heavy atom. The minimum absolute atomic E-state index is 0.103. The van der Waals surface area contributed by atoms with Gasteiger partial charge in [0.1, 0.15) is 5.82 Å². The number of aromatic amines is 1. The van der Waals surface area contributed by atoms with Crippen molar-refractivity contribution in [3.8, 4) is 0 Å². The van der Waals surface area contributed by atoms with Crippen LogP contribution in [0.1, 0.15) is 137 Å². The highest BCUT2D eigenvalue weighted by molar-refractivity contribution is 5.31. The van der Waals surface area contributed by atoms with Gasteiger partial charge in [-0.25, -0.2) is 4.98 Å². The van der Waals surface area contributed by atoms with Crippen LogP contribution in [-0.2, 0) is 16.2 Å². The van der Waals surface area contributed by atoms with E-state index in [1.807, 2.05) is 0 Å². The normalized spacial score (nSPS) is 13.4. The van der Waals surface area contributed by atoms with Gasteiger partial charge in [-0.1, -0.05) is 101 Å². The maximum Gasteiger partial charge on any atom is 0.112 e. The molecule has 0 atom stereocenters. The van der Waals surface area contributed by atoms with Crippen molar-refractivity contribution in [3.05, 3.63) is 17.2 Å². The van der Waals surface area contributed by atoms with Crippen LogP contribution in [0.25, 0.3) is 0 Å². The Labute approximate surface area is 164 Å². The first-order chi connectivity index (χ1) is 12.0. The molecule has 26 heavy (non-hydrogen) atoms. The van der Waals surface area contributed by atoms with Crippen LogP contribution in [0.15, 0.2) is 0 Å². The van der Waals surface area contributed by atoms with Crippen LogP contribution in [0.3, 0.4) is 0 Å². The second kappa shape index (κ2) is 9.42. The minimum Gasteiger partial charge on any atom is -0.345 e. The number of H-pyrrole nitrogens is 1. The zero-order valence-corrected chi connectivity index (χ0v) is 19.3. The number of nitrogens with zero attached hydrogens (tertiary/aromatic N) is 1. The van der Waals surface area contributed by atoms with E-state index in [9.17, 15) is 0 Å². The van der Waals surface area contributed by atoms with Crippen molar-refractivity contribution in [2.45, 2.75) is 136 Å². The molecular formula is C24H46N2. The summed E-state index contributed by atoms with van der Waals surface area (Å²) in [6.45, 7) is 21.1. The summed E-state index contributed by atoms with van der Waals surface area (Å²) in [5, 5.41) is 0. The lowest BCUT2D eigenvalue weighted by Crippen LogP contribution is -2.26. The molecule has 1 N–H and O–H groups in total. The summed E-state index contributed by atoms with van der Waals surface area (Å²) >= 11 is 0. The molecule has 0 spiro atoms. The van der Waals surface area contributed by atoms with Crippen molar-refractivity contribution in [3.63, 3.8) is 0 Å². The van der Waals surface area contributed by atoms with Gasteiger partial charge in [-0.05, 0) is 19.3 Å². The molecule has 2 heteroatoms. The van der Waals surface area contributed by atoms with Gasteiger partial charge in [0.2, 0.25) is 0 Å². The van der Waals surface area contributed by atoms with Crippen molar-refractivity contribution in [1.82, 2.24) is 9.97 Å². The molecule has 1 heterocycles. The summed E-state index contributed by atoms with van der Waals surface area (Å²) in [7, 11) is 0. The number of aromatic nitrogens is 2. The molecule has 0 radical (unpaired) electrons. The largest absolute Gasteiger partial charge is 0.345 e. The molecule has 0 fully saturated rings. The number of imidazole rings is 1. The molecule has 0 bridgehead atoms. The Morgan fingerprint density at radius 2 is 1.19 bits per heavy atom. The Kier molecular flexibility index (Phi) is 8.42. The molecule has 0 saturated carbocycles. The average Bonchev–Trinajstić information content (AvgIpc) is 3.03. The van der Waals surface area contributed by atoms with Crippen molar-refractivity contribution >= 4 is 0 Å². The molecule has 0 aliphatic heterocycles. The maximum atomic E-state index is 5.24. The van der Waals surface area contributed by atoms with Gasteiger partial charge >= 0.3 is 0 Å². The number of hydrogen-bond donors (Lipinski definition) is 1. The number of unbranched alkanes of at least 4 members (excludes halogenated alkanes) is 4. The van der Waals surface area contributed by atoms with E-state index in [2.05, 4.69) is 67.3 Å². The molecule has 0 amide bonds. The third kappa shape index (κ3) is 5.86. The maximum absolute atomic E-state index is 5.24. The monoisotopic (exact) mass is 362 g/mol. The van der Waals surface area contributed by atoms with E-state index < -0.39 is 0 Å². The summed E-state index contributed by atoms with van der Waals surface area (Å²) in [5.74, 6) is 1.18. The van der Waals surface area contributed by atoms with Gasteiger partial charge in [-0.2, -0.15) is 0 Å². The number of hydrogen-bond acceptors (Lipinski definition) is 1. The topological polar surface area (TPSA) is 28.7 Å². The Balaban J connectivity index is 3.28. The molecule has 0 unspecified atom stereocenters. The lowest BCUT2D eigenvalue weighted by atomic mass is 9.75. The van der Waals surface area contributed by atoms with Crippen LogP contribution < -0.4 is 0 Å². The summed E-state index contributed by atoms with van der Waals surface area (Å²) in [6.07, 6.45) is 11.3. The highest BCUT2D eigenvalue weighted by atomic mass is 15.0. The van der Waals surface area contributed by atoms with E-state index in [0.29, 0.717) is 0 Å². The molecule has 152 valence electrons. The van der Waals surface area contributed by atoms with Crippen LogP contribution >= 0.6 is 0 Å². The van der Waals surface area contributed by atoms with Gasteiger partial charge in [-0.3, -0.25) is 0 Å². The fraction of sp³-hybridized carbons (Fsp3) is 0.875. The minimum atomic E-state index is 0.103. The molecule has 1 rings (SSSR count). The predicted molar refractivity (Wildman–Crippen MR) is 116 cm³/mol. The molecule has 0 aromatic carbocycles. The SMILES string of the molecule is CCCCCC(C)(C)c1nc(C(C)(C)CC)[nH]c1C(C)(C)CCCCC. The second-order valence-electron chi connectivity index (χ2n) is 10.2. The first-order valence-electron chi connectivity index (χ1n) is 11.1. The van der Waals surface area contributed by atoms with Crippen molar-refractivity contribution < 1.29 is 0 Å². The highest BCUT2D eigenvalue weighted by Crippen LogP contribution is 2.40. The molecule has 1 aromatic heterocycles. The van der Waals surface area contributed by atoms with E-state index in [-0.39, 0.29) is 16.2 Å². The molecule has 0 aliphatic carbocycles. The summed E-state index contributed by atoms with van der Waals surface area (Å²) in [4.78, 5) is 9.07. The zero-order chi connectivity index (χ0) is 20.0. The zero-order valence-electron chi connectivity index (χ0n) is 19.3. The molecule has 2 nitrogen and oxygen atoms in total. The van der Waals surface area contributed by atoms with Crippen LogP contribution in [-0.4, -0.2) is 9.97 Å². The number of nitrogens with one attached hydrogen (secondary N) is 1. The standard InChI is InChI=1S/C24H46N2/c1-10-13-15-17-23(6,7)19-20(24(8,9)18-16-14-11-2)26-21(25-19)22(4,5)12-3/h10-18H2,1-9H3,(H,25,26). The average molecular weight is 363 g/mol. The van der Waals surface area contributed by atoms with Crippen LogP contribution in [0.2, 0.25) is 0 Å². The van der Waals surface area contributed by atoms with E-state index in [0.717, 1.165) is 6.42 Å². The van der Waals surface area contributed by atoms with Gasteiger partial charge in [0.05, 0.1) is 5.69 Å². The van der Waals surface area contributed by atoms with Gasteiger partial charge in [-0.15, -0.1) is 0 Å². The summed E-state index contributed by atoms with van der Waals surface area (Å²) < 4.78 is 0. The first kappa shape index (κ1) is 23.2. The third-order valence-corrected chi connectivity index (χ3v) is 6.36. The van der Waals surface area contributed by atoms with Crippen LogP contribution in [0, 0.1) is 0 Å². The molecule has 0 saturated heterocycles. The highest BCUT2D eigenvalue weighted by Gasteiger charge is 2.36. The molecular weight excluding hydrogens is 316 g/mol. The van der Waals surface area contributed by atoms with Crippen LogP contribution in [0.5, 0.6) is 0 Å². The number of rotatable bonds is 12. The Bertz CT molecular complexity index is 495. The van der Waals surface area contributed by atoms with Crippen molar-refractivity contribution in [2.24, 2.45) is 0 Å². The van der Waals surface area contributed by atoms with Gasteiger partial charge < -0.3 is 4.98 Å². The Morgan fingerprint density at radius 1 is 0.692 bits per heavy atom. The lowest BCUT2D eigenvalue weighted by molar-refractivity contribution is 0.399. The summed E-state index contributed by atoms with van der Waals surface area (Å²) in [6, 6.07) is 0. The Hall–Kier alpha value is -0.790. The molecule has 1 aromatic rings. The van der Waals surface area contributed by atoms with Crippen molar-refractivity contribution in [1.29, 1.82) is 0 Å². The quantitative estimate of drug-likeness (QED) is 0.377.